The number of nitro benzene ring substituents is 2. The zero-order valence-corrected chi connectivity index (χ0v) is 25.7. The summed E-state index contributed by atoms with van der Waals surface area (Å²) in [4.78, 5) is 71.8. The molecule has 0 saturated carbocycles. The number of fused-ring (bicyclic) bond motifs is 2. The molecule has 3 N–H and O–H groups in total. The summed E-state index contributed by atoms with van der Waals surface area (Å²) in [5, 5.41) is 30.3. The second-order valence-electron chi connectivity index (χ2n) is 10.4. The summed E-state index contributed by atoms with van der Waals surface area (Å²) < 4.78 is 0. The van der Waals surface area contributed by atoms with Gasteiger partial charge < -0.3 is 16.0 Å². The Labute approximate surface area is 277 Å². The van der Waals surface area contributed by atoms with Crippen molar-refractivity contribution in [1.29, 1.82) is 0 Å². The van der Waals surface area contributed by atoms with Gasteiger partial charge in [0.25, 0.3) is 11.4 Å². The number of carbonyl (C=O) groups is 4. The Bertz CT molecular complexity index is 1860. The number of carbonyl (C=O) groups excluding carboxylic acids is 4. The standard InChI is InChI=1S/C34H25N5O8S/c40-27(13-5-21-1-9-25(10-2-21)38(44)45)19-33(42)35-23-7-15-29-31(17-23)48-32-18-24(8-16-30(32)37-29)36-34(43)20-28(41)14-6-22-3-11-26(12-4-22)39(46)47/h1-18,37H,19-20H2,(H,35,42)(H,36,43)/b13-5+,14-6+. The van der Waals surface area contributed by atoms with E-state index >= 15 is 0 Å². The summed E-state index contributed by atoms with van der Waals surface area (Å²) in [5.74, 6) is -1.90. The highest BCUT2D eigenvalue weighted by Crippen LogP contribution is 2.46. The van der Waals surface area contributed by atoms with Crippen molar-refractivity contribution >= 4 is 81.4 Å². The van der Waals surface area contributed by atoms with Gasteiger partial charge in [-0.1, -0.05) is 23.9 Å². The number of nitro groups is 2. The molecule has 0 aliphatic carbocycles. The van der Waals surface area contributed by atoms with Gasteiger partial charge in [0.1, 0.15) is 0 Å². The molecular weight excluding hydrogens is 638 g/mol. The quantitative estimate of drug-likeness (QED) is 0.0546. The molecule has 1 aliphatic heterocycles. The lowest BCUT2D eigenvalue weighted by atomic mass is 10.1. The lowest BCUT2D eigenvalue weighted by Crippen LogP contribution is -2.16. The molecule has 0 fully saturated rings. The van der Waals surface area contributed by atoms with Crippen LogP contribution in [-0.2, 0) is 19.2 Å². The number of hydrogen-bond donors (Lipinski definition) is 3. The average molecular weight is 664 g/mol. The van der Waals surface area contributed by atoms with Gasteiger partial charge >= 0.3 is 0 Å². The van der Waals surface area contributed by atoms with Crippen molar-refractivity contribution < 1.29 is 29.0 Å². The third-order valence-corrected chi connectivity index (χ3v) is 7.94. The first-order valence-corrected chi connectivity index (χ1v) is 15.1. The van der Waals surface area contributed by atoms with E-state index in [4.69, 9.17) is 0 Å². The number of nitrogens with one attached hydrogen (secondary N) is 3. The molecule has 4 aromatic rings. The van der Waals surface area contributed by atoms with Crippen LogP contribution in [0, 0.1) is 20.2 Å². The molecule has 0 atom stereocenters. The summed E-state index contributed by atoms with van der Waals surface area (Å²) in [5.41, 5.74) is 3.60. The Morgan fingerprint density at radius 3 is 1.40 bits per heavy atom. The number of benzene rings is 4. The smallest absolute Gasteiger partial charge is 0.269 e. The molecular formula is C34H25N5O8S. The fraction of sp³-hybridized carbons (Fsp3) is 0.0588. The second-order valence-corrected chi connectivity index (χ2v) is 11.5. The van der Waals surface area contributed by atoms with Crippen LogP contribution in [0.5, 0.6) is 0 Å². The molecule has 5 rings (SSSR count). The van der Waals surface area contributed by atoms with E-state index in [0.717, 1.165) is 21.2 Å². The molecule has 0 radical (unpaired) electrons. The van der Waals surface area contributed by atoms with E-state index in [1.54, 1.807) is 36.4 Å². The third-order valence-electron chi connectivity index (χ3n) is 6.82. The highest BCUT2D eigenvalue weighted by atomic mass is 32.2. The maximum atomic E-state index is 12.5. The van der Waals surface area contributed by atoms with E-state index in [9.17, 15) is 39.4 Å². The number of rotatable bonds is 12. The van der Waals surface area contributed by atoms with E-state index < -0.39 is 46.1 Å². The van der Waals surface area contributed by atoms with Gasteiger partial charge in [-0.15, -0.1) is 0 Å². The molecule has 0 aromatic heterocycles. The minimum atomic E-state index is -0.518. The summed E-state index contributed by atoms with van der Waals surface area (Å²) >= 11 is 1.40. The number of ketones is 2. The van der Waals surface area contributed by atoms with Crippen molar-refractivity contribution in [2.75, 3.05) is 16.0 Å². The number of amides is 2. The monoisotopic (exact) mass is 663 g/mol. The lowest BCUT2D eigenvalue weighted by Gasteiger charge is -2.22. The SMILES string of the molecule is O=C(/C=C/c1ccc([N+](=O)[O-])cc1)CC(=O)Nc1ccc2c(c1)Sc1cc(NC(=O)CC(=O)/C=C/c3ccc([N+](=O)[O-])cc3)ccc1N2. The maximum absolute atomic E-state index is 12.5. The molecule has 0 unspecified atom stereocenters. The van der Waals surface area contributed by atoms with Crippen molar-refractivity contribution in [3.63, 3.8) is 0 Å². The van der Waals surface area contributed by atoms with E-state index in [1.165, 1.54) is 84.6 Å². The van der Waals surface area contributed by atoms with Crippen LogP contribution in [0.1, 0.15) is 24.0 Å². The summed E-state index contributed by atoms with van der Waals surface area (Å²) in [7, 11) is 0. The normalized spacial score (nSPS) is 11.7. The first-order valence-electron chi connectivity index (χ1n) is 14.3. The molecule has 0 saturated heterocycles. The van der Waals surface area contributed by atoms with Crippen LogP contribution in [0.3, 0.4) is 0 Å². The first kappa shape index (κ1) is 33.0. The topological polar surface area (TPSA) is 191 Å². The summed E-state index contributed by atoms with van der Waals surface area (Å²) in [6.45, 7) is 0. The van der Waals surface area contributed by atoms with Crippen molar-refractivity contribution in [3.8, 4) is 0 Å². The maximum Gasteiger partial charge on any atom is 0.269 e. The number of hydrogen-bond acceptors (Lipinski definition) is 10. The van der Waals surface area contributed by atoms with E-state index in [-0.39, 0.29) is 11.4 Å². The fourth-order valence-corrected chi connectivity index (χ4v) is 5.54. The highest BCUT2D eigenvalue weighted by molar-refractivity contribution is 7.99. The Kier molecular flexibility index (Phi) is 10.2. The van der Waals surface area contributed by atoms with Crippen molar-refractivity contribution in [2.24, 2.45) is 0 Å². The van der Waals surface area contributed by atoms with Crippen molar-refractivity contribution in [1.82, 2.24) is 0 Å². The summed E-state index contributed by atoms with van der Waals surface area (Å²) in [6.07, 6.45) is 4.66. The zero-order valence-electron chi connectivity index (χ0n) is 24.9. The van der Waals surface area contributed by atoms with Crippen molar-refractivity contribution in [3.05, 3.63) is 128 Å². The Balaban J connectivity index is 1.13. The molecule has 14 heteroatoms. The number of allylic oxidation sites excluding steroid dienone is 2. The van der Waals surface area contributed by atoms with Gasteiger partial charge in [0.2, 0.25) is 11.8 Å². The van der Waals surface area contributed by atoms with Gasteiger partial charge in [-0.3, -0.25) is 39.4 Å². The third kappa shape index (κ3) is 8.86. The Hall–Kier alpha value is -6.41. The van der Waals surface area contributed by atoms with Crippen molar-refractivity contribution in [2.45, 2.75) is 22.6 Å². The number of non-ortho nitro benzene ring substituents is 2. The van der Waals surface area contributed by atoms with Crippen LogP contribution in [0.25, 0.3) is 12.2 Å². The first-order chi connectivity index (χ1) is 23.0. The molecule has 0 bridgehead atoms. The van der Waals surface area contributed by atoms with Crippen LogP contribution in [0.4, 0.5) is 34.1 Å². The molecule has 0 spiro atoms. The zero-order chi connectivity index (χ0) is 34.2. The number of nitrogens with zero attached hydrogens (tertiary/aromatic N) is 2. The lowest BCUT2D eigenvalue weighted by molar-refractivity contribution is -0.385. The van der Waals surface area contributed by atoms with Crippen LogP contribution < -0.4 is 16.0 Å². The van der Waals surface area contributed by atoms with Gasteiger partial charge in [0, 0.05) is 45.4 Å². The predicted octanol–water partition coefficient (Wildman–Crippen LogP) is 6.93. The molecule has 240 valence electrons. The Morgan fingerprint density at radius 2 is 1.02 bits per heavy atom. The minimum Gasteiger partial charge on any atom is -0.354 e. The van der Waals surface area contributed by atoms with Gasteiger partial charge in [-0.2, -0.15) is 0 Å². The predicted molar refractivity (Wildman–Crippen MR) is 181 cm³/mol. The van der Waals surface area contributed by atoms with E-state index in [1.807, 2.05) is 0 Å². The fourth-order valence-electron chi connectivity index (χ4n) is 4.48. The largest absolute Gasteiger partial charge is 0.354 e. The van der Waals surface area contributed by atoms with Crippen LogP contribution in [0.15, 0.2) is 107 Å². The van der Waals surface area contributed by atoms with E-state index in [0.29, 0.717) is 22.5 Å². The van der Waals surface area contributed by atoms with Crippen LogP contribution in [0.2, 0.25) is 0 Å². The summed E-state index contributed by atoms with van der Waals surface area (Å²) in [6, 6.07) is 21.8. The highest BCUT2D eigenvalue weighted by Gasteiger charge is 2.18. The molecule has 1 aliphatic rings. The molecule has 2 amide bonds. The molecule has 48 heavy (non-hydrogen) atoms. The van der Waals surface area contributed by atoms with Gasteiger partial charge in [0.15, 0.2) is 11.6 Å². The molecule has 4 aromatic carbocycles. The van der Waals surface area contributed by atoms with Crippen LogP contribution >= 0.6 is 11.8 Å². The minimum absolute atomic E-state index is 0.0652. The van der Waals surface area contributed by atoms with Crippen LogP contribution in [-0.4, -0.2) is 33.2 Å². The van der Waals surface area contributed by atoms with Gasteiger partial charge in [-0.05, 0) is 83.9 Å². The average Bonchev–Trinajstić information content (AvgIpc) is 3.05. The molecule has 1 heterocycles. The Morgan fingerprint density at radius 1 is 0.625 bits per heavy atom. The second kappa shape index (κ2) is 14.8. The number of anilines is 4. The van der Waals surface area contributed by atoms with E-state index in [2.05, 4.69) is 16.0 Å². The van der Waals surface area contributed by atoms with Gasteiger partial charge in [0.05, 0.1) is 34.1 Å². The van der Waals surface area contributed by atoms with Gasteiger partial charge in [-0.25, -0.2) is 0 Å². The molecule has 13 nitrogen and oxygen atoms in total.